The predicted octanol–water partition coefficient (Wildman–Crippen LogP) is 2.72. The van der Waals surface area contributed by atoms with E-state index in [-0.39, 0.29) is 0 Å². The summed E-state index contributed by atoms with van der Waals surface area (Å²) in [6, 6.07) is 5.88. The van der Waals surface area contributed by atoms with Crippen molar-refractivity contribution in [1.29, 1.82) is 0 Å². The van der Waals surface area contributed by atoms with Crippen molar-refractivity contribution in [3.63, 3.8) is 0 Å². The lowest BCUT2D eigenvalue weighted by Crippen LogP contribution is -2.29. The van der Waals surface area contributed by atoms with Gasteiger partial charge >= 0.3 is 0 Å². The van der Waals surface area contributed by atoms with Crippen LogP contribution in [-0.2, 0) is 4.74 Å². The standard InChI is InChI=1S/C14H22N2O2S/c1-4-18-9-5-8-15-14(19)16-12-6-7-13(17-3)11(2)10-12/h6-7,10H,4-5,8-9H2,1-3H3,(H2,15,16,19). The van der Waals surface area contributed by atoms with Gasteiger partial charge in [0.2, 0.25) is 0 Å². The number of nitrogens with one attached hydrogen (secondary N) is 2. The minimum Gasteiger partial charge on any atom is -0.496 e. The van der Waals surface area contributed by atoms with Crippen molar-refractivity contribution in [2.75, 3.05) is 32.2 Å². The van der Waals surface area contributed by atoms with Crippen LogP contribution < -0.4 is 15.4 Å². The van der Waals surface area contributed by atoms with Gasteiger partial charge in [0.15, 0.2) is 5.11 Å². The van der Waals surface area contributed by atoms with E-state index in [9.17, 15) is 0 Å². The molecular formula is C14H22N2O2S. The monoisotopic (exact) mass is 282 g/mol. The largest absolute Gasteiger partial charge is 0.496 e. The zero-order chi connectivity index (χ0) is 14.1. The molecule has 1 aromatic carbocycles. The van der Waals surface area contributed by atoms with Gasteiger partial charge in [0.05, 0.1) is 7.11 Å². The Morgan fingerprint density at radius 1 is 1.37 bits per heavy atom. The van der Waals surface area contributed by atoms with Gasteiger partial charge in [-0.05, 0) is 56.2 Å². The van der Waals surface area contributed by atoms with E-state index in [2.05, 4.69) is 10.6 Å². The minimum absolute atomic E-state index is 0.626. The Morgan fingerprint density at radius 2 is 2.16 bits per heavy atom. The van der Waals surface area contributed by atoms with E-state index in [1.54, 1.807) is 7.11 Å². The molecule has 0 saturated carbocycles. The van der Waals surface area contributed by atoms with E-state index >= 15 is 0 Å². The molecule has 4 nitrogen and oxygen atoms in total. The molecule has 0 amide bonds. The molecule has 0 fully saturated rings. The molecule has 5 heteroatoms. The van der Waals surface area contributed by atoms with Crippen LogP contribution in [0.2, 0.25) is 0 Å². The zero-order valence-electron chi connectivity index (χ0n) is 11.8. The number of benzene rings is 1. The van der Waals surface area contributed by atoms with Crippen molar-refractivity contribution < 1.29 is 9.47 Å². The average Bonchev–Trinajstić information content (AvgIpc) is 2.39. The zero-order valence-corrected chi connectivity index (χ0v) is 12.6. The van der Waals surface area contributed by atoms with Gasteiger partial charge in [-0.15, -0.1) is 0 Å². The summed E-state index contributed by atoms with van der Waals surface area (Å²) in [6.45, 7) is 6.32. The third-order valence-electron chi connectivity index (χ3n) is 2.61. The van der Waals surface area contributed by atoms with Crippen LogP contribution in [0.4, 0.5) is 5.69 Å². The second-order valence-corrected chi connectivity index (χ2v) is 4.52. The van der Waals surface area contributed by atoms with Crippen LogP contribution in [0.3, 0.4) is 0 Å². The van der Waals surface area contributed by atoms with Crippen LogP contribution in [0.15, 0.2) is 18.2 Å². The summed E-state index contributed by atoms with van der Waals surface area (Å²) in [7, 11) is 1.67. The predicted molar refractivity (Wildman–Crippen MR) is 83.1 cm³/mol. The van der Waals surface area contributed by atoms with E-state index in [4.69, 9.17) is 21.7 Å². The molecule has 0 aliphatic rings. The van der Waals surface area contributed by atoms with E-state index in [0.717, 1.165) is 43.2 Å². The topological polar surface area (TPSA) is 42.5 Å². The maximum atomic E-state index is 5.26. The molecule has 0 unspecified atom stereocenters. The van der Waals surface area contributed by atoms with Crippen LogP contribution in [-0.4, -0.2) is 32.0 Å². The van der Waals surface area contributed by atoms with Crippen molar-refractivity contribution >= 4 is 23.0 Å². The molecule has 0 aliphatic heterocycles. The fraction of sp³-hybridized carbons (Fsp3) is 0.500. The molecule has 1 aromatic rings. The highest BCUT2D eigenvalue weighted by molar-refractivity contribution is 7.80. The molecule has 19 heavy (non-hydrogen) atoms. The Labute approximate surface area is 120 Å². The first-order chi connectivity index (χ1) is 9.17. The number of hydrogen-bond donors (Lipinski definition) is 2. The Balaban J connectivity index is 2.34. The molecule has 2 N–H and O–H groups in total. The molecule has 0 bridgehead atoms. The number of aryl methyl sites for hydroxylation is 1. The van der Waals surface area contributed by atoms with E-state index in [0.29, 0.717) is 5.11 Å². The second kappa shape index (κ2) is 8.72. The third kappa shape index (κ3) is 5.89. The smallest absolute Gasteiger partial charge is 0.170 e. The van der Waals surface area contributed by atoms with Crippen molar-refractivity contribution in [2.45, 2.75) is 20.3 Å². The number of rotatable bonds is 7. The number of methoxy groups -OCH3 is 1. The molecule has 0 heterocycles. The van der Waals surface area contributed by atoms with Gasteiger partial charge < -0.3 is 20.1 Å². The fourth-order valence-corrected chi connectivity index (χ4v) is 1.87. The van der Waals surface area contributed by atoms with Gasteiger partial charge in [-0.2, -0.15) is 0 Å². The lowest BCUT2D eigenvalue weighted by atomic mass is 10.2. The second-order valence-electron chi connectivity index (χ2n) is 4.12. The summed E-state index contributed by atoms with van der Waals surface area (Å²) >= 11 is 5.22. The summed E-state index contributed by atoms with van der Waals surface area (Å²) in [4.78, 5) is 0. The van der Waals surface area contributed by atoms with Gasteiger partial charge in [-0.1, -0.05) is 0 Å². The van der Waals surface area contributed by atoms with Crippen molar-refractivity contribution in [3.8, 4) is 5.75 Å². The normalized spacial score (nSPS) is 10.1. The minimum atomic E-state index is 0.626. The quantitative estimate of drug-likeness (QED) is 0.594. The van der Waals surface area contributed by atoms with E-state index in [1.165, 1.54) is 0 Å². The molecule has 0 radical (unpaired) electrons. The Morgan fingerprint density at radius 3 is 2.79 bits per heavy atom. The summed E-state index contributed by atoms with van der Waals surface area (Å²) in [6.07, 6.45) is 0.942. The van der Waals surface area contributed by atoms with Crippen molar-refractivity contribution in [2.24, 2.45) is 0 Å². The highest BCUT2D eigenvalue weighted by Crippen LogP contribution is 2.21. The average molecular weight is 282 g/mol. The molecule has 0 aromatic heterocycles. The maximum absolute atomic E-state index is 5.26. The molecule has 1 rings (SSSR count). The van der Waals surface area contributed by atoms with Gasteiger partial charge in [-0.25, -0.2) is 0 Å². The Kier molecular flexibility index (Phi) is 7.22. The molecule has 106 valence electrons. The first kappa shape index (κ1) is 15.7. The third-order valence-corrected chi connectivity index (χ3v) is 2.85. The molecule has 0 aliphatic carbocycles. The van der Waals surface area contributed by atoms with Gasteiger partial charge in [0, 0.05) is 25.4 Å². The Bertz CT molecular complexity index is 410. The number of ether oxygens (including phenoxy) is 2. The summed E-state index contributed by atoms with van der Waals surface area (Å²) in [5.41, 5.74) is 2.03. The molecular weight excluding hydrogens is 260 g/mol. The van der Waals surface area contributed by atoms with Crippen LogP contribution in [0.1, 0.15) is 18.9 Å². The first-order valence-corrected chi connectivity index (χ1v) is 6.85. The molecule has 0 spiro atoms. The lowest BCUT2D eigenvalue weighted by Gasteiger charge is -2.12. The highest BCUT2D eigenvalue weighted by atomic mass is 32.1. The van der Waals surface area contributed by atoms with Crippen LogP contribution in [0.5, 0.6) is 5.75 Å². The van der Waals surface area contributed by atoms with Crippen LogP contribution in [0, 0.1) is 6.92 Å². The van der Waals surface area contributed by atoms with Crippen molar-refractivity contribution in [1.82, 2.24) is 5.32 Å². The Hall–Kier alpha value is -1.33. The van der Waals surface area contributed by atoms with E-state index in [1.807, 2.05) is 32.0 Å². The van der Waals surface area contributed by atoms with Gasteiger partial charge in [-0.3, -0.25) is 0 Å². The number of hydrogen-bond acceptors (Lipinski definition) is 3. The summed E-state index contributed by atoms with van der Waals surface area (Å²) in [5.74, 6) is 0.876. The van der Waals surface area contributed by atoms with Crippen LogP contribution in [0.25, 0.3) is 0 Å². The highest BCUT2D eigenvalue weighted by Gasteiger charge is 2.01. The number of anilines is 1. The SMILES string of the molecule is CCOCCCNC(=S)Nc1ccc(OC)c(C)c1. The molecule has 0 saturated heterocycles. The summed E-state index contributed by atoms with van der Waals surface area (Å²) in [5, 5.41) is 6.92. The lowest BCUT2D eigenvalue weighted by molar-refractivity contribution is 0.146. The van der Waals surface area contributed by atoms with Gasteiger partial charge in [0.25, 0.3) is 0 Å². The number of thiocarbonyl (C=S) groups is 1. The maximum Gasteiger partial charge on any atom is 0.170 e. The van der Waals surface area contributed by atoms with Crippen molar-refractivity contribution in [3.05, 3.63) is 23.8 Å². The van der Waals surface area contributed by atoms with Gasteiger partial charge in [0.1, 0.15) is 5.75 Å². The van der Waals surface area contributed by atoms with E-state index < -0.39 is 0 Å². The summed E-state index contributed by atoms with van der Waals surface area (Å²) < 4.78 is 10.5. The fourth-order valence-electron chi connectivity index (χ4n) is 1.65. The van der Waals surface area contributed by atoms with Crippen LogP contribution >= 0.6 is 12.2 Å². The first-order valence-electron chi connectivity index (χ1n) is 6.44. The molecule has 0 atom stereocenters.